The third-order valence-corrected chi connectivity index (χ3v) is 4.29. The van der Waals surface area contributed by atoms with Crippen molar-refractivity contribution in [3.05, 3.63) is 52.0 Å². The van der Waals surface area contributed by atoms with Crippen molar-refractivity contribution >= 4 is 63.5 Å². The lowest BCUT2D eigenvalue weighted by atomic mass is 10.1. The predicted octanol–water partition coefficient (Wildman–Crippen LogP) is 5.48. The predicted molar refractivity (Wildman–Crippen MR) is 98.5 cm³/mol. The first-order chi connectivity index (χ1) is 10.0. The molecule has 0 fully saturated rings. The maximum Gasteiger partial charge on any atom is 0.107 e. The molecule has 21 heavy (non-hydrogen) atoms. The molecule has 0 radical (unpaired) electrons. The number of thioether (sulfide) groups is 1. The third-order valence-electron chi connectivity index (χ3n) is 2.71. The standard InChI is InChI=1S/C15H14Cl2N2S2/c1-2-21-13-5-3-4-12(14(13)15(18)20)19-11-7-9(16)6-10(17)8-11/h3-8,19H,2H2,1H3,(H2,18,20). The van der Waals surface area contributed by atoms with Crippen LogP contribution in [0.5, 0.6) is 0 Å². The van der Waals surface area contributed by atoms with E-state index in [0.29, 0.717) is 15.0 Å². The van der Waals surface area contributed by atoms with Gasteiger partial charge in [0.25, 0.3) is 0 Å². The Balaban J connectivity index is 2.43. The molecule has 2 aromatic rings. The Kier molecular flexibility index (Phi) is 5.76. The van der Waals surface area contributed by atoms with E-state index in [2.05, 4.69) is 12.2 Å². The largest absolute Gasteiger partial charge is 0.389 e. The number of thiocarbonyl (C=S) groups is 1. The third kappa shape index (κ3) is 4.27. The van der Waals surface area contributed by atoms with Crippen LogP contribution in [0.15, 0.2) is 41.3 Å². The van der Waals surface area contributed by atoms with Crippen LogP contribution >= 0.6 is 47.2 Å². The molecule has 2 rings (SSSR count). The maximum atomic E-state index is 6.02. The summed E-state index contributed by atoms with van der Waals surface area (Å²) in [6, 6.07) is 11.2. The molecule has 2 aromatic carbocycles. The van der Waals surface area contributed by atoms with Gasteiger partial charge in [-0.1, -0.05) is 48.4 Å². The number of benzene rings is 2. The number of hydrogen-bond donors (Lipinski definition) is 2. The molecule has 0 heterocycles. The van der Waals surface area contributed by atoms with Gasteiger partial charge in [-0.3, -0.25) is 0 Å². The van der Waals surface area contributed by atoms with Crippen LogP contribution in [0.2, 0.25) is 10.0 Å². The molecular formula is C15H14Cl2N2S2. The summed E-state index contributed by atoms with van der Waals surface area (Å²) >= 11 is 18.9. The highest BCUT2D eigenvalue weighted by Gasteiger charge is 2.12. The van der Waals surface area contributed by atoms with Crippen molar-refractivity contribution in [2.75, 3.05) is 11.1 Å². The Morgan fingerprint density at radius 2 is 1.90 bits per heavy atom. The van der Waals surface area contributed by atoms with E-state index in [1.807, 2.05) is 18.2 Å². The summed E-state index contributed by atoms with van der Waals surface area (Å²) in [5.41, 5.74) is 8.37. The summed E-state index contributed by atoms with van der Waals surface area (Å²) in [7, 11) is 0. The van der Waals surface area contributed by atoms with Crippen molar-refractivity contribution in [1.29, 1.82) is 0 Å². The van der Waals surface area contributed by atoms with Gasteiger partial charge in [-0.25, -0.2) is 0 Å². The topological polar surface area (TPSA) is 38.0 Å². The van der Waals surface area contributed by atoms with Gasteiger partial charge in [0.15, 0.2) is 0 Å². The summed E-state index contributed by atoms with van der Waals surface area (Å²) in [5, 5.41) is 4.43. The van der Waals surface area contributed by atoms with Crippen molar-refractivity contribution in [3.63, 3.8) is 0 Å². The molecule has 0 aliphatic carbocycles. The average molecular weight is 357 g/mol. The van der Waals surface area contributed by atoms with Gasteiger partial charge in [0.2, 0.25) is 0 Å². The van der Waals surface area contributed by atoms with Gasteiger partial charge in [0.1, 0.15) is 4.99 Å². The molecule has 0 aliphatic heterocycles. The van der Waals surface area contributed by atoms with E-state index in [4.69, 9.17) is 41.2 Å². The molecule has 0 aliphatic rings. The van der Waals surface area contributed by atoms with Gasteiger partial charge in [-0.05, 0) is 36.1 Å². The van der Waals surface area contributed by atoms with Gasteiger partial charge in [-0.15, -0.1) is 11.8 Å². The fourth-order valence-corrected chi connectivity index (χ4v) is 3.61. The summed E-state index contributed by atoms with van der Waals surface area (Å²) in [5.74, 6) is 0.946. The lowest BCUT2D eigenvalue weighted by Gasteiger charge is -2.15. The smallest absolute Gasteiger partial charge is 0.107 e. The van der Waals surface area contributed by atoms with Gasteiger partial charge >= 0.3 is 0 Å². The number of nitrogens with one attached hydrogen (secondary N) is 1. The highest BCUT2D eigenvalue weighted by Crippen LogP contribution is 2.32. The number of nitrogens with two attached hydrogens (primary N) is 1. The summed E-state index contributed by atoms with van der Waals surface area (Å²) in [6.45, 7) is 2.09. The van der Waals surface area contributed by atoms with E-state index in [9.17, 15) is 0 Å². The second kappa shape index (κ2) is 7.36. The molecule has 0 spiro atoms. The van der Waals surface area contributed by atoms with Gasteiger partial charge in [0.05, 0.1) is 0 Å². The molecule has 0 amide bonds. The SMILES string of the molecule is CCSc1cccc(Nc2cc(Cl)cc(Cl)c2)c1C(N)=S. The molecule has 0 aromatic heterocycles. The second-order valence-electron chi connectivity index (χ2n) is 4.26. The minimum atomic E-state index is 0.363. The Morgan fingerprint density at radius 1 is 1.24 bits per heavy atom. The summed E-state index contributed by atoms with van der Waals surface area (Å²) in [4.78, 5) is 1.42. The molecule has 0 unspecified atom stereocenters. The molecule has 110 valence electrons. The lowest BCUT2D eigenvalue weighted by Crippen LogP contribution is -2.13. The van der Waals surface area contributed by atoms with Crippen molar-refractivity contribution < 1.29 is 0 Å². The minimum Gasteiger partial charge on any atom is -0.389 e. The number of anilines is 2. The Bertz CT molecular complexity index is 654. The van der Waals surface area contributed by atoms with Crippen molar-refractivity contribution in [1.82, 2.24) is 0 Å². The number of halogens is 2. The molecule has 6 heteroatoms. The minimum absolute atomic E-state index is 0.363. The van der Waals surface area contributed by atoms with Crippen molar-refractivity contribution in [3.8, 4) is 0 Å². The molecule has 0 atom stereocenters. The first-order valence-corrected chi connectivity index (χ1v) is 8.45. The highest BCUT2D eigenvalue weighted by molar-refractivity contribution is 7.99. The molecule has 0 saturated heterocycles. The van der Waals surface area contributed by atoms with Crippen LogP contribution in [0.25, 0.3) is 0 Å². The van der Waals surface area contributed by atoms with Crippen LogP contribution in [0.1, 0.15) is 12.5 Å². The lowest BCUT2D eigenvalue weighted by molar-refractivity contribution is 1.38. The van der Waals surface area contributed by atoms with Crippen LogP contribution in [0.4, 0.5) is 11.4 Å². The Hall–Kier alpha value is -0.940. The number of rotatable bonds is 5. The molecule has 0 bridgehead atoms. The van der Waals surface area contributed by atoms with E-state index in [-0.39, 0.29) is 0 Å². The number of hydrogen-bond acceptors (Lipinski definition) is 3. The monoisotopic (exact) mass is 356 g/mol. The first-order valence-electron chi connectivity index (χ1n) is 6.30. The quantitative estimate of drug-likeness (QED) is 0.549. The molecule has 0 saturated carbocycles. The van der Waals surface area contributed by atoms with E-state index >= 15 is 0 Å². The fraction of sp³-hybridized carbons (Fsp3) is 0.133. The molecule has 3 N–H and O–H groups in total. The van der Waals surface area contributed by atoms with Crippen LogP contribution in [-0.2, 0) is 0 Å². The van der Waals surface area contributed by atoms with E-state index in [0.717, 1.165) is 27.6 Å². The first kappa shape index (κ1) is 16.4. The van der Waals surface area contributed by atoms with Gasteiger partial charge in [0, 0.05) is 31.9 Å². The second-order valence-corrected chi connectivity index (χ2v) is 6.88. The normalized spacial score (nSPS) is 10.4. The van der Waals surface area contributed by atoms with Gasteiger partial charge in [-0.2, -0.15) is 0 Å². The molecule has 2 nitrogen and oxygen atoms in total. The zero-order valence-corrected chi connectivity index (χ0v) is 14.5. The molecular weight excluding hydrogens is 343 g/mol. The maximum absolute atomic E-state index is 6.02. The van der Waals surface area contributed by atoms with E-state index in [1.54, 1.807) is 30.0 Å². The Labute approximate surface area is 144 Å². The zero-order valence-electron chi connectivity index (χ0n) is 11.3. The van der Waals surface area contributed by atoms with Crippen LogP contribution in [-0.4, -0.2) is 10.7 Å². The highest BCUT2D eigenvalue weighted by atomic mass is 35.5. The van der Waals surface area contributed by atoms with Crippen molar-refractivity contribution in [2.24, 2.45) is 5.73 Å². The average Bonchev–Trinajstić information content (AvgIpc) is 2.37. The van der Waals surface area contributed by atoms with Crippen LogP contribution < -0.4 is 11.1 Å². The van der Waals surface area contributed by atoms with E-state index < -0.39 is 0 Å². The Morgan fingerprint density at radius 3 is 2.48 bits per heavy atom. The van der Waals surface area contributed by atoms with Crippen LogP contribution in [0.3, 0.4) is 0 Å². The zero-order chi connectivity index (χ0) is 15.4. The van der Waals surface area contributed by atoms with Crippen LogP contribution in [0, 0.1) is 0 Å². The van der Waals surface area contributed by atoms with Gasteiger partial charge < -0.3 is 11.1 Å². The van der Waals surface area contributed by atoms with Crippen molar-refractivity contribution in [2.45, 2.75) is 11.8 Å². The van der Waals surface area contributed by atoms with E-state index in [1.165, 1.54) is 0 Å². The summed E-state index contributed by atoms with van der Waals surface area (Å²) < 4.78 is 0. The summed E-state index contributed by atoms with van der Waals surface area (Å²) in [6.07, 6.45) is 0. The fourth-order valence-electron chi connectivity index (χ4n) is 1.95.